The largest absolute Gasteiger partial charge is 0.462 e. The summed E-state index contributed by atoms with van der Waals surface area (Å²) in [6.07, 6.45) is 2.31. The average Bonchev–Trinajstić information content (AvgIpc) is 2.45. The molecule has 0 fully saturated rings. The van der Waals surface area contributed by atoms with Crippen LogP contribution in [0.4, 0.5) is 11.5 Å². The number of hydrogen-bond donors (Lipinski definition) is 1. The van der Waals surface area contributed by atoms with E-state index in [0.29, 0.717) is 18.0 Å². The van der Waals surface area contributed by atoms with E-state index in [1.165, 1.54) is 6.33 Å². The molecule has 2 rings (SSSR count). The van der Waals surface area contributed by atoms with Crippen LogP contribution in [0.3, 0.4) is 0 Å². The van der Waals surface area contributed by atoms with Gasteiger partial charge in [0.2, 0.25) is 0 Å². The van der Waals surface area contributed by atoms with Gasteiger partial charge in [-0.25, -0.2) is 14.8 Å². The van der Waals surface area contributed by atoms with Gasteiger partial charge in [-0.15, -0.1) is 0 Å². The first-order valence-corrected chi connectivity index (χ1v) is 6.52. The van der Waals surface area contributed by atoms with Crippen LogP contribution < -0.4 is 5.32 Å². The van der Waals surface area contributed by atoms with Crippen molar-refractivity contribution in [3.05, 3.63) is 47.9 Å². The number of hydrogen-bond acceptors (Lipinski definition) is 5. The molecule has 0 saturated heterocycles. The van der Waals surface area contributed by atoms with Crippen molar-refractivity contribution in [3.8, 4) is 0 Å². The molecule has 2 aromatic rings. The molecule has 1 heterocycles. The maximum absolute atomic E-state index is 11.8. The molecule has 0 unspecified atom stereocenters. The minimum Gasteiger partial charge on any atom is -0.462 e. The van der Waals surface area contributed by atoms with Crippen molar-refractivity contribution >= 4 is 17.5 Å². The normalized spacial score (nSPS) is 10.1. The maximum atomic E-state index is 11.8. The Morgan fingerprint density at radius 1 is 1.30 bits per heavy atom. The van der Waals surface area contributed by atoms with Crippen LogP contribution in [0.5, 0.6) is 0 Å². The van der Waals surface area contributed by atoms with Crippen molar-refractivity contribution in [2.75, 3.05) is 11.9 Å². The summed E-state index contributed by atoms with van der Waals surface area (Å²) in [5.74, 6) is 0.381. The lowest BCUT2D eigenvalue weighted by Gasteiger charge is -2.08. The summed E-state index contributed by atoms with van der Waals surface area (Å²) < 4.78 is 5.11. The lowest BCUT2D eigenvalue weighted by atomic mass is 10.2. The predicted octanol–water partition coefficient (Wildman–Crippen LogP) is 3.10. The third-order valence-electron chi connectivity index (χ3n) is 2.61. The van der Waals surface area contributed by atoms with E-state index >= 15 is 0 Å². The zero-order chi connectivity index (χ0) is 14.4. The number of rotatable bonds is 5. The van der Waals surface area contributed by atoms with Gasteiger partial charge in [0.25, 0.3) is 0 Å². The Morgan fingerprint density at radius 2 is 2.15 bits per heavy atom. The monoisotopic (exact) mass is 271 g/mol. The lowest BCUT2D eigenvalue weighted by molar-refractivity contribution is 0.0505. The molecule has 0 atom stereocenters. The number of aryl methyl sites for hydroxylation is 1. The molecule has 0 aliphatic rings. The first-order chi connectivity index (χ1) is 9.69. The second-order valence-corrected chi connectivity index (χ2v) is 4.39. The van der Waals surface area contributed by atoms with Crippen molar-refractivity contribution < 1.29 is 9.53 Å². The van der Waals surface area contributed by atoms with Crippen molar-refractivity contribution in [2.45, 2.75) is 20.3 Å². The molecule has 1 aromatic heterocycles. The van der Waals surface area contributed by atoms with Crippen molar-refractivity contribution in [2.24, 2.45) is 0 Å². The Kier molecular flexibility index (Phi) is 4.65. The summed E-state index contributed by atoms with van der Waals surface area (Å²) in [7, 11) is 0. The SMILES string of the molecule is CCCOC(=O)c1cccc(Nc2cc(C)ncn2)c1. The summed E-state index contributed by atoms with van der Waals surface area (Å²) in [4.78, 5) is 19.9. The van der Waals surface area contributed by atoms with Gasteiger partial charge in [0, 0.05) is 17.4 Å². The van der Waals surface area contributed by atoms with Crippen LogP contribution in [0.25, 0.3) is 0 Å². The molecule has 0 spiro atoms. The molecule has 0 saturated carbocycles. The molecule has 0 bridgehead atoms. The number of benzene rings is 1. The third-order valence-corrected chi connectivity index (χ3v) is 2.61. The van der Waals surface area contributed by atoms with Gasteiger partial charge in [-0.2, -0.15) is 0 Å². The van der Waals surface area contributed by atoms with Gasteiger partial charge in [-0.1, -0.05) is 13.0 Å². The maximum Gasteiger partial charge on any atom is 0.338 e. The molecule has 1 aromatic carbocycles. The van der Waals surface area contributed by atoms with E-state index in [2.05, 4.69) is 15.3 Å². The standard InChI is InChI=1S/C15H17N3O2/c1-3-7-20-15(19)12-5-4-6-13(9-12)18-14-8-11(2)16-10-17-14/h4-6,8-10H,3,7H2,1-2H3,(H,16,17,18). The lowest BCUT2D eigenvalue weighted by Crippen LogP contribution is -2.06. The van der Waals surface area contributed by atoms with Gasteiger partial charge in [0.1, 0.15) is 12.1 Å². The predicted molar refractivity (Wildman–Crippen MR) is 77.1 cm³/mol. The number of ether oxygens (including phenoxy) is 1. The Morgan fingerprint density at radius 3 is 2.90 bits per heavy atom. The molecule has 104 valence electrons. The number of nitrogens with zero attached hydrogens (tertiary/aromatic N) is 2. The first-order valence-electron chi connectivity index (χ1n) is 6.52. The van der Waals surface area contributed by atoms with Crippen LogP contribution in [-0.2, 0) is 4.74 Å². The van der Waals surface area contributed by atoms with E-state index in [9.17, 15) is 4.79 Å². The van der Waals surface area contributed by atoms with Crippen LogP contribution in [0.15, 0.2) is 36.7 Å². The van der Waals surface area contributed by atoms with E-state index in [-0.39, 0.29) is 5.97 Å². The zero-order valence-corrected chi connectivity index (χ0v) is 11.6. The van der Waals surface area contributed by atoms with E-state index in [1.807, 2.05) is 26.0 Å². The van der Waals surface area contributed by atoms with E-state index in [0.717, 1.165) is 17.8 Å². The summed E-state index contributed by atoms with van der Waals surface area (Å²) >= 11 is 0. The molecule has 0 aliphatic heterocycles. The highest BCUT2D eigenvalue weighted by molar-refractivity contribution is 5.90. The number of carbonyl (C=O) groups is 1. The first kappa shape index (κ1) is 14.0. The molecule has 0 aliphatic carbocycles. The van der Waals surface area contributed by atoms with Gasteiger partial charge < -0.3 is 10.1 Å². The highest BCUT2D eigenvalue weighted by Crippen LogP contribution is 2.16. The Balaban J connectivity index is 2.11. The molecular formula is C15H17N3O2. The minimum absolute atomic E-state index is 0.311. The summed E-state index contributed by atoms with van der Waals surface area (Å²) in [6.45, 7) is 4.29. The highest BCUT2D eigenvalue weighted by atomic mass is 16.5. The van der Waals surface area contributed by atoms with E-state index in [4.69, 9.17) is 4.74 Å². The van der Waals surface area contributed by atoms with Crippen LogP contribution in [-0.4, -0.2) is 22.5 Å². The number of aromatic nitrogens is 2. The Labute approximate surface area is 118 Å². The fourth-order valence-electron chi connectivity index (χ4n) is 1.67. The smallest absolute Gasteiger partial charge is 0.338 e. The average molecular weight is 271 g/mol. The number of anilines is 2. The quantitative estimate of drug-likeness (QED) is 0.846. The summed E-state index contributed by atoms with van der Waals surface area (Å²) in [6, 6.07) is 8.98. The van der Waals surface area contributed by atoms with Gasteiger partial charge in [0.15, 0.2) is 0 Å². The Hall–Kier alpha value is -2.43. The molecule has 1 N–H and O–H groups in total. The van der Waals surface area contributed by atoms with E-state index < -0.39 is 0 Å². The van der Waals surface area contributed by atoms with E-state index in [1.54, 1.807) is 18.2 Å². The number of esters is 1. The van der Waals surface area contributed by atoms with Crippen molar-refractivity contribution in [3.63, 3.8) is 0 Å². The molecule has 5 heteroatoms. The molecule has 0 radical (unpaired) electrons. The van der Waals surface area contributed by atoms with Gasteiger partial charge in [0.05, 0.1) is 12.2 Å². The third kappa shape index (κ3) is 3.78. The molecular weight excluding hydrogens is 254 g/mol. The number of nitrogens with one attached hydrogen (secondary N) is 1. The highest BCUT2D eigenvalue weighted by Gasteiger charge is 2.07. The van der Waals surface area contributed by atoms with Crippen molar-refractivity contribution in [1.82, 2.24) is 9.97 Å². The van der Waals surface area contributed by atoms with Gasteiger partial charge in [-0.3, -0.25) is 0 Å². The second-order valence-electron chi connectivity index (χ2n) is 4.39. The van der Waals surface area contributed by atoms with Crippen molar-refractivity contribution in [1.29, 1.82) is 0 Å². The fraction of sp³-hybridized carbons (Fsp3) is 0.267. The topological polar surface area (TPSA) is 64.1 Å². The van der Waals surface area contributed by atoms with Gasteiger partial charge in [-0.05, 0) is 31.5 Å². The summed E-state index contributed by atoms with van der Waals surface area (Å²) in [5.41, 5.74) is 2.18. The van der Waals surface area contributed by atoms with Crippen LogP contribution in [0, 0.1) is 6.92 Å². The fourth-order valence-corrected chi connectivity index (χ4v) is 1.67. The van der Waals surface area contributed by atoms with Crippen LogP contribution in [0.2, 0.25) is 0 Å². The Bertz CT molecular complexity index is 599. The summed E-state index contributed by atoms with van der Waals surface area (Å²) in [5, 5.41) is 3.14. The molecule has 5 nitrogen and oxygen atoms in total. The van der Waals surface area contributed by atoms with Crippen LogP contribution in [0.1, 0.15) is 29.4 Å². The second kappa shape index (κ2) is 6.65. The minimum atomic E-state index is -0.311. The van der Waals surface area contributed by atoms with Gasteiger partial charge >= 0.3 is 5.97 Å². The van der Waals surface area contributed by atoms with Crippen LogP contribution >= 0.6 is 0 Å². The number of carbonyl (C=O) groups excluding carboxylic acids is 1. The zero-order valence-electron chi connectivity index (χ0n) is 11.6. The molecule has 20 heavy (non-hydrogen) atoms. The molecule has 0 amide bonds.